The van der Waals surface area contributed by atoms with Crippen molar-refractivity contribution in [1.29, 1.82) is 5.26 Å². The number of likely N-dealkylation sites (tertiary alicyclic amines) is 1. The number of rotatable bonds is 9. The third kappa shape index (κ3) is 7.50. The Hall–Kier alpha value is -3.98. The van der Waals surface area contributed by atoms with Crippen LogP contribution in [0.2, 0.25) is 0 Å². The minimum atomic E-state index is -4.74. The molecule has 1 saturated heterocycles. The van der Waals surface area contributed by atoms with Crippen molar-refractivity contribution in [2.24, 2.45) is 10.7 Å². The summed E-state index contributed by atoms with van der Waals surface area (Å²) < 4.78 is 51.2. The molecule has 0 aromatic heterocycles. The molecule has 8 nitrogen and oxygen atoms in total. The predicted octanol–water partition coefficient (Wildman–Crippen LogP) is 4.59. The zero-order valence-corrected chi connectivity index (χ0v) is 20.6. The normalized spacial score (nSPS) is 14.5. The number of carbonyl (C=O) groups is 2. The summed E-state index contributed by atoms with van der Waals surface area (Å²) in [6.45, 7) is 1.46. The highest BCUT2D eigenvalue weighted by Gasteiger charge is 2.35. The van der Waals surface area contributed by atoms with Crippen LogP contribution in [0.3, 0.4) is 0 Å². The maximum atomic E-state index is 13.5. The van der Waals surface area contributed by atoms with Crippen LogP contribution in [-0.2, 0) is 15.8 Å². The fraction of sp³-hybridized carbons (Fsp3) is 0.280. The van der Waals surface area contributed by atoms with E-state index >= 15 is 0 Å². The molecule has 37 heavy (non-hydrogen) atoms. The molecule has 0 spiro atoms. The van der Waals surface area contributed by atoms with E-state index in [1.165, 1.54) is 37.5 Å². The molecule has 1 aliphatic heterocycles. The van der Waals surface area contributed by atoms with E-state index < -0.39 is 17.5 Å². The van der Waals surface area contributed by atoms with E-state index in [0.717, 1.165) is 24.2 Å². The summed E-state index contributed by atoms with van der Waals surface area (Å²) in [5.41, 5.74) is 5.17. The average Bonchev–Trinajstić information content (AvgIpc) is 3.28. The van der Waals surface area contributed by atoms with Crippen molar-refractivity contribution in [3.05, 3.63) is 58.0 Å². The van der Waals surface area contributed by atoms with E-state index in [-0.39, 0.29) is 33.0 Å². The summed E-state index contributed by atoms with van der Waals surface area (Å²) >= 11 is 0.945. The van der Waals surface area contributed by atoms with E-state index in [4.69, 9.17) is 20.5 Å². The summed E-state index contributed by atoms with van der Waals surface area (Å²) in [5, 5.41) is 9.08. The highest BCUT2D eigenvalue weighted by Crippen LogP contribution is 2.41. The van der Waals surface area contributed by atoms with Gasteiger partial charge in [-0.2, -0.15) is 18.4 Å². The van der Waals surface area contributed by atoms with E-state index in [1.54, 1.807) is 11.0 Å². The summed E-state index contributed by atoms with van der Waals surface area (Å²) in [7, 11) is 1.32. The molecular formula is C25H23F3N4O4S. The number of allylic oxidation sites excluding steroid dienone is 1. The highest BCUT2D eigenvalue weighted by molar-refractivity contribution is 8.17. The first-order valence-electron chi connectivity index (χ1n) is 11.0. The molecule has 1 fully saturated rings. The van der Waals surface area contributed by atoms with Crippen molar-refractivity contribution in [1.82, 2.24) is 4.90 Å². The summed E-state index contributed by atoms with van der Waals surface area (Å²) in [4.78, 5) is 29.4. The number of hydrogen-bond acceptors (Lipinski definition) is 7. The third-order valence-corrected chi connectivity index (χ3v) is 6.07. The van der Waals surface area contributed by atoms with Crippen LogP contribution >= 0.6 is 11.8 Å². The molecule has 2 aromatic carbocycles. The summed E-state index contributed by atoms with van der Waals surface area (Å²) in [6.07, 6.45) is -1.26. The van der Waals surface area contributed by atoms with Crippen LogP contribution in [0.5, 0.6) is 17.2 Å². The molecular weight excluding hydrogens is 509 g/mol. The molecule has 3 rings (SSSR count). The van der Waals surface area contributed by atoms with E-state index in [1.807, 2.05) is 0 Å². The van der Waals surface area contributed by atoms with Crippen molar-refractivity contribution in [3.8, 4) is 23.3 Å². The van der Waals surface area contributed by atoms with Gasteiger partial charge in [0.2, 0.25) is 5.91 Å². The molecule has 2 N–H and O–H groups in total. The molecule has 12 heteroatoms. The number of alkyl halides is 3. The Morgan fingerprint density at radius 1 is 1.24 bits per heavy atom. The molecule has 194 valence electrons. The number of benzene rings is 2. The standard InChI is InChI=1S/C25H23F3N4O4S/c1-35-22-13-16(11-18(15-33)37-24(30)31-8-10-32-9-2-3-23(32)34)4-7-21(22)36-20-6-5-17(14-29)12-19(20)25(26,27)28/h4-7,11-13,15H,2-3,8-10H2,1H3,(H2,30,31)/b18-11-. The van der Waals surface area contributed by atoms with Gasteiger partial charge in [-0.15, -0.1) is 0 Å². The fourth-order valence-corrected chi connectivity index (χ4v) is 4.15. The van der Waals surface area contributed by atoms with Gasteiger partial charge < -0.3 is 20.1 Å². The molecule has 0 aliphatic carbocycles. The van der Waals surface area contributed by atoms with Crippen LogP contribution in [0.15, 0.2) is 46.3 Å². The maximum Gasteiger partial charge on any atom is 0.420 e. The van der Waals surface area contributed by atoms with Gasteiger partial charge in [-0.05, 0) is 60.2 Å². The monoisotopic (exact) mass is 532 g/mol. The highest BCUT2D eigenvalue weighted by atomic mass is 32.2. The van der Waals surface area contributed by atoms with Gasteiger partial charge in [-0.3, -0.25) is 14.6 Å². The Morgan fingerprint density at radius 3 is 2.62 bits per heavy atom. The number of nitriles is 1. The molecule has 1 aliphatic rings. The Bertz CT molecular complexity index is 1270. The van der Waals surface area contributed by atoms with Gasteiger partial charge >= 0.3 is 6.18 Å². The topological polar surface area (TPSA) is 118 Å². The predicted molar refractivity (Wildman–Crippen MR) is 133 cm³/mol. The number of ether oxygens (including phenoxy) is 2. The lowest BCUT2D eigenvalue weighted by molar-refractivity contribution is -0.138. The molecule has 0 radical (unpaired) electrons. The number of hydrogen-bond donors (Lipinski definition) is 1. The second kappa shape index (κ2) is 12.3. The van der Waals surface area contributed by atoms with Crippen molar-refractivity contribution >= 4 is 35.2 Å². The number of halogens is 3. The van der Waals surface area contributed by atoms with Crippen molar-refractivity contribution < 1.29 is 32.2 Å². The van der Waals surface area contributed by atoms with Gasteiger partial charge in [0.15, 0.2) is 23.0 Å². The molecule has 0 bridgehead atoms. The third-order valence-electron chi connectivity index (χ3n) is 5.28. The first kappa shape index (κ1) is 27.6. The van der Waals surface area contributed by atoms with Crippen LogP contribution in [-0.4, -0.2) is 49.0 Å². The molecule has 2 aromatic rings. The summed E-state index contributed by atoms with van der Waals surface area (Å²) in [5.74, 6) is -0.270. The van der Waals surface area contributed by atoms with Crippen molar-refractivity contribution in [2.45, 2.75) is 19.0 Å². The van der Waals surface area contributed by atoms with Crippen molar-refractivity contribution in [3.63, 3.8) is 0 Å². The molecule has 0 atom stereocenters. The van der Waals surface area contributed by atoms with Crippen LogP contribution < -0.4 is 15.2 Å². The maximum absolute atomic E-state index is 13.5. The summed E-state index contributed by atoms with van der Waals surface area (Å²) in [6, 6.07) is 9.09. The van der Waals surface area contributed by atoms with E-state index in [2.05, 4.69) is 4.99 Å². The lowest BCUT2D eigenvalue weighted by Gasteiger charge is -2.16. The van der Waals surface area contributed by atoms with Crippen LogP contribution in [0, 0.1) is 11.3 Å². The minimum absolute atomic E-state index is 0.00713. The Labute approximate surface area is 215 Å². The average molecular weight is 533 g/mol. The first-order chi connectivity index (χ1) is 17.6. The van der Waals surface area contributed by atoms with Gasteiger partial charge in [0.25, 0.3) is 0 Å². The Kier molecular flexibility index (Phi) is 9.19. The van der Waals surface area contributed by atoms with Gasteiger partial charge in [0, 0.05) is 19.5 Å². The number of carbonyl (C=O) groups excluding carboxylic acids is 2. The zero-order valence-electron chi connectivity index (χ0n) is 19.7. The van der Waals surface area contributed by atoms with Crippen LogP contribution in [0.4, 0.5) is 13.2 Å². The number of aldehydes is 1. The number of thioether (sulfide) groups is 1. The number of amidine groups is 1. The quantitative estimate of drug-likeness (QED) is 0.217. The lowest BCUT2D eigenvalue weighted by Crippen LogP contribution is -2.27. The second-order valence-electron chi connectivity index (χ2n) is 7.80. The van der Waals surface area contributed by atoms with Crippen LogP contribution in [0.1, 0.15) is 29.5 Å². The van der Waals surface area contributed by atoms with Gasteiger partial charge in [-0.25, -0.2) is 0 Å². The largest absolute Gasteiger partial charge is 0.493 e. The van der Waals surface area contributed by atoms with Crippen molar-refractivity contribution in [2.75, 3.05) is 26.7 Å². The molecule has 1 heterocycles. The fourth-order valence-electron chi connectivity index (χ4n) is 3.51. The van der Waals surface area contributed by atoms with Crippen LogP contribution in [0.25, 0.3) is 6.08 Å². The van der Waals surface area contributed by atoms with Gasteiger partial charge in [-0.1, -0.05) is 6.07 Å². The molecule has 0 unspecified atom stereocenters. The van der Waals surface area contributed by atoms with Gasteiger partial charge in [0.05, 0.1) is 35.8 Å². The second-order valence-corrected chi connectivity index (χ2v) is 8.90. The Balaban J connectivity index is 1.75. The minimum Gasteiger partial charge on any atom is -0.493 e. The Morgan fingerprint density at radius 2 is 2.00 bits per heavy atom. The van der Waals surface area contributed by atoms with E-state index in [9.17, 15) is 22.8 Å². The number of nitrogens with two attached hydrogens (primary N) is 1. The molecule has 0 saturated carbocycles. The van der Waals surface area contributed by atoms with E-state index in [0.29, 0.717) is 44.0 Å². The molecule has 1 amide bonds. The van der Waals surface area contributed by atoms with Gasteiger partial charge in [0.1, 0.15) is 5.75 Å². The number of amides is 1. The zero-order chi connectivity index (χ0) is 27.0. The number of nitrogens with zero attached hydrogens (tertiary/aromatic N) is 3. The SMILES string of the molecule is COc1cc(/C=C(/C=O)SC(N)=NCCN2CCCC2=O)ccc1Oc1ccc(C#N)cc1C(F)(F)F. The first-order valence-corrected chi connectivity index (χ1v) is 11.9. The smallest absolute Gasteiger partial charge is 0.420 e. The number of methoxy groups -OCH3 is 1. The lowest BCUT2D eigenvalue weighted by atomic mass is 10.1. The number of aliphatic imine (C=N–C) groups is 1.